The Hall–Kier alpha value is -2.01. The topological polar surface area (TPSA) is 73.2 Å². The molecule has 0 unspecified atom stereocenters. The van der Waals surface area contributed by atoms with Crippen molar-refractivity contribution in [3.63, 3.8) is 0 Å². The fourth-order valence-corrected chi connectivity index (χ4v) is 2.12. The Balaban J connectivity index is 2.06. The lowest BCUT2D eigenvalue weighted by atomic mass is 10.1. The minimum Gasteiger partial charge on any atom is -0.486 e. The molecule has 0 bridgehead atoms. The van der Waals surface area contributed by atoms with Crippen molar-refractivity contribution >= 4 is 0 Å². The number of nitrogens with two attached hydrogens (primary N) is 1. The van der Waals surface area contributed by atoms with Crippen molar-refractivity contribution in [3.05, 3.63) is 29.7 Å². The van der Waals surface area contributed by atoms with Crippen LogP contribution in [0.1, 0.15) is 11.5 Å². The van der Waals surface area contributed by atoms with Crippen LogP contribution < -0.4 is 15.2 Å². The smallest absolute Gasteiger partial charge is 0.162 e. The second-order valence-corrected chi connectivity index (χ2v) is 4.21. The van der Waals surface area contributed by atoms with E-state index in [4.69, 9.17) is 15.2 Å². The van der Waals surface area contributed by atoms with Gasteiger partial charge in [-0.1, -0.05) is 0 Å². The number of benzene rings is 1. The molecule has 2 heterocycles. The Labute approximate surface area is 105 Å². The minimum absolute atomic E-state index is 0.435. The van der Waals surface area contributed by atoms with Crippen LogP contribution in [0.5, 0.6) is 11.5 Å². The maximum atomic E-state index is 5.71. The molecule has 3 N–H and O–H groups in total. The third kappa shape index (κ3) is 1.82. The number of nitrogens with one attached hydrogen (secondary N) is 1. The maximum Gasteiger partial charge on any atom is 0.162 e. The summed E-state index contributed by atoms with van der Waals surface area (Å²) in [5.74, 6) is 2.41. The van der Waals surface area contributed by atoms with E-state index < -0.39 is 0 Å². The van der Waals surface area contributed by atoms with E-state index in [1.165, 1.54) is 0 Å². The van der Waals surface area contributed by atoms with Crippen molar-refractivity contribution in [2.75, 3.05) is 13.2 Å². The predicted molar refractivity (Wildman–Crippen MR) is 67.6 cm³/mol. The molecular formula is C13H15N3O2. The zero-order valence-electron chi connectivity index (χ0n) is 10.2. The summed E-state index contributed by atoms with van der Waals surface area (Å²) in [6, 6.07) is 5.83. The molecular weight excluding hydrogens is 230 g/mol. The van der Waals surface area contributed by atoms with E-state index in [1.54, 1.807) is 0 Å². The van der Waals surface area contributed by atoms with Gasteiger partial charge in [-0.25, -0.2) is 4.98 Å². The molecule has 0 atom stereocenters. The zero-order valence-corrected chi connectivity index (χ0v) is 10.2. The highest BCUT2D eigenvalue weighted by molar-refractivity contribution is 5.66. The molecule has 1 aliphatic rings. The number of aromatic amines is 1. The first kappa shape index (κ1) is 11.1. The number of hydrogen-bond acceptors (Lipinski definition) is 4. The summed E-state index contributed by atoms with van der Waals surface area (Å²) in [4.78, 5) is 7.63. The lowest BCUT2D eigenvalue weighted by molar-refractivity contribution is 0.171. The molecule has 0 fully saturated rings. The first-order valence-corrected chi connectivity index (χ1v) is 5.93. The van der Waals surface area contributed by atoms with Crippen LogP contribution in [0, 0.1) is 6.92 Å². The molecule has 2 aromatic rings. The van der Waals surface area contributed by atoms with Crippen LogP contribution in [0.25, 0.3) is 11.3 Å². The Morgan fingerprint density at radius 1 is 1.28 bits per heavy atom. The standard InChI is InChI=1S/C13H15N3O2/c1-8-15-10(7-14)13(16-8)9-2-3-11-12(6-9)18-5-4-17-11/h2-3,6H,4-5,7,14H2,1H3,(H,15,16). The molecule has 0 saturated heterocycles. The molecule has 18 heavy (non-hydrogen) atoms. The van der Waals surface area contributed by atoms with Gasteiger partial charge < -0.3 is 20.2 Å². The highest BCUT2D eigenvalue weighted by Crippen LogP contribution is 2.34. The van der Waals surface area contributed by atoms with Gasteiger partial charge in [-0.3, -0.25) is 0 Å². The van der Waals surface area contributed by atoms with E-state index in [-0.39, 0.29) is 0 Å². The molecule has 0 aliphatic carbocycles. The van der Waals surface area contributed by atoms with E-state index in [2.05, 4.69) is 9.97 Å². The van der Waals surface area contributed by atoms with Crippen LogP contribution in [0.3, 0.4) is 0 Å². The van der Waals surface area contributed by atoms with Crippen LogP contribution in [-0.2, 0) is 6.54 Å². The number of imidazole rings is 1. The highest BCUT2D eigenvalue weighted by atomic mass is 16.6. The van der Waals surface area contributed by atoms with Crippen molar-refractivity contribution in [3.8, 4) is 22.8 Å². The van der Waals surface area contributed by atoms with Crippen molar-refractivity contribution in [2.45, 2.75) is 13.5 Å². The monoisotopic (exact) mass is 245 g/mol. The van der Waals surface area contributed by atoms with Gasteiger partial charge in [0, 0.05) is 12.1 Å². The fourth-order valence-electron chi connectivity index (χ4n) is 2.12. The average molecular weight is 245 g/mol. The van der Waals surface area contributed by atoms with Crippen molar-refractivity contribution in [1.29, 1.82) is 0 Å². The summed E-state index contributed by atoms with van der Waals surface area (Å²) in [6.07, 6.45) is 0. The van der Waals surface area contributed by atoms with E-state index in [0.29, 0.717) is 19.8 Å². The third-order valence-electron chi connectivity index (χ3n) is 2.92. The van der Waals surface area contributed by atoms with Gasteiger partial charge in [-0.05, 0) is 25.1 Å². The predicted octanol–water partition coefficient (Wildman–Crippen LogP) is 1.62. The number of aryl methyl sites for hydroxylation is 1. The molecule has 94 valence electrons. The van der Waals surface area contributed by atoms with E-state index in [9.17, 15) is 0 Å². The van der Waals surface area contributed by atoms with Crippen LogP contribution in [-0.4, -0.2) is 23.2 Å². The third-order valence-corrected chi connectivity index (χ3v) is 2.92. The van der Waals surface area contributed by atoms with Gasteiger partial charge in [-0.2, -0.15) is 0 Å². The summed E-state index contributed by atoms with van der Waals surface area (Å²) in [5.41, 5.74) is 8.52. The number of rotatable bonds is 2. The average Bonchev–Trinajstić information content (AvgIpc) is 2.79. The molecule has 3 rings (SSSR count). The number of fused-ring (bicyclic) bond motifs is 1. The lowest BCUT2D eigenvalue weighted by Gasteiger charge is -2.18. The van der Waals surface area contributed by atoms with Crippen LogP contribution >= 0.6 is 0 Å². The van der Waals surface area contributed by atoms with Crippen LogP contribution in [0.2, 0.25) is 0 Å². The minimum atomic E-state index is 0.435. The molecule has 1 aliphatic heterocycles. The summed E-state index contributed by atoms with van der Waals surface area (Å²) in [7, 11) is 0. The van der Waals surface area contributed by atoms with Gasteiger partial charge in [0.15, 0.2) is 11.5 Å². The van der Waals surface area contributed by atoms with E-state index >= 15 is 0 Å². The number of aromatic nitrogens is 2. The summed E-state index contributed by atoms with van der Waals surface area (Å²) in [5, 5.41) is 0. The van der Waals surface area contributed by atoms with Gasteiger partial charge in [0.25, 0.3) is 0 Å². The zero-order chi connectivity index (χ0) is 12.5. The molecule has 0 radical (unpaired) electrons. The van der Waals surface area contributed by atoms with Crippen molar-refractivity contribution in [2.24, 2.45) is 5.73 Å². The molecule has 0 saturated carbocycles. The number of ether oxygens (including phenoxy) is 2. The molecule has 0 spiro atoms. The lowest BCUT2D eigenvalue weighted by Crippen LogP contribution is -2.15. The molecule has 1 aromatic heterocycles. The quantitative estimate of drug-likeness (QED) is 0.843. The molecule has 0 amide bonds. The summed E-state index contributed by atoms with van der Waals surface area (Å²) < 4.78 is 11.1. The largest absolute Gasteiger partial charge is 0.486 e. The van der Waals surface area contributed by atoms with Gasteiger partial charge in [0.05, 0.1) is 11.4 Å². The van der Waals surface area contributed by atoms with Gasteiger partial charge in [0.1, 0.15) is 19.0 Å². The van der Waals surface area contributed by atoms with Gasteiger partial charge in [-0.15, -0.1) is 0 Å². The van der Waals surface area contributed by atoms with Crippen molar-refractivity contribution < 1.29 is 9.47 Å². The normalized spacial score (nSPS) is 13.7. The fraction of sp³-hybridized carbons (Fsp3) is 0.308. The number of hydrogen-bond donors (Lipinski definition) is 2. The van der Waals surface area contributed by atoms with E-state index in [1.807, 2.05) is 25.1 Å². The van der Waals surface area contributed by atoms with Crippen LogP contribution in [0.15, 0.2) is 18.2 Å². The Bertz CT molecular complexity index is 578. The highest BCUT2D eigenvalue weighted by Gasteiger charge is 2.15. The molecule has 1 aromatic carbocycles. The number of nitrogens with zero attached hydrogens (tertiary/aromatic N) is 1. The van der Waals surface area contributed by atoms with Gasteiger partial charge >= 0.3 is 0 Å². The summed E-state index contributed by atoms with van der Waals surface area (Å²) in [6.45, 7) is 3.53. The maximum absolute atomic E-state index is 5.71. The Morgan fingerprint density at radius 2 is 2.06 bits per heavy atom. The Kier molecular flexibility index (Phi) is 2.68. The summed E-state index contributed by atoms with van der Waals surface area (Å²) >= 11 is 0. The Morgan fingerprint density at radius 3 is 2.83 bits per heavy atom. The number of H-pyrrole nitrogens is 1. The van der Waals surface area contributed by atoms with Crippen LogP contribution in [0.4, 0.5) is 0 Å². The second kappa shape index (κ2) is 4.34. The van der Waals surface area contributed by atoms with Gasteiger partial charge in [0.2, 0.25) is 0 Å². The second-order valence-electron chi connectivity index (χ2n) is 4.21. The molecule has 5 heteroatoms. The van der Waals surface area contributed by atoms with Crippen molar-refractivity contribution in [1.82, 2.24) is 9.97 Å². The first-order valence-electron chi connectivity index (χ1n) is 5.93. The first-order chi connectivity index (χ1) is 8.78. The SMILES string of the molecule is Cc1nc(-c2ccc3c(c2)OCCO3)c(CN)[nH]1. The molecule has 5 nitrogen and oxygen atoms in total. The van der Waals surface area contributed by atoms with E-state index in [0.717, 1.165) is 34.3 Å².